The SMILES string of the molecule is Cc1cc(NC(=S)NC(=O)c2ccccc2OCCc2ccccc2)ccc1NC(=O)c1ccccc1. The van der Waals surface area contributed by atoms with Crippen molar-refractivity contribution in [3.05, 3.63) is 125 Å². The topological polar surface area (TPSA) is 79.5 Å². The minimum absolute atomic E-state index is 0.157. The fourth-order valence-electron chi connectivity index (χ4n) is 3.70. The van der Waals surface area contributed by atoms with Gasteiger partial charge in [0.2, 0.25) is 0 Å². The number of ether oxygens (including phenoxy) is 1. The Morgan fingerprint density at radius 3 is 2.19 bits per heavy atom. The van der Waals surface area contributed by atoms with E-state index in [0.29, 0.717) is 34.9 Å². The molecule has 4 aromatic rings. The first-order valence-corrected chi connectivity index (χ1v) is 12.3. The molecule has 0 aliphatic carbocycles. The summed E-state index contributed by atoms with van der Waals surface area (Å²) in [5.41, 5.74) is 4.37. The van der Waals surface area contributed by atoms with E-state index in [4.69, 9.17) is 17.0 Å². The molecule has 0 spiro atoms. The summed E-state index contributed by atoms with van der Waals surface area (Å²) in [6.45, 7) is 2.33. The van der Waals surface area contributed by atoms with Gasteiger partial charge in [0, 0.05) is 23.4 Å². The summed E-state index contributed by atoms with van der Waals surface area (Å²) in [6, 6.07) is 31.5. The van der Waals surface area contributed by atoms with Crippen molar-refractivity contribution in [3.8, 4) is 5.75 Å². The molecule has 0 aromatic heterocycles. The van der Waals surface area contributed by atoms with Crippen LogP contribution in [0.4, 0.5) is 11.4 Å². The molecule has 37 heavy (non-hydrogen) atoms. The van der Waals surface area contributed by atoms with Crippen molar-refractivity contribution >= 4 is 40.5 Å². The predicted octanol–water partition coefficient (Wildman–Crippen LogP) is 6.00. The Balaban J connectivity index is 1.33. The largest absolute Gasteiger partial charge is 0.492 e. The minimum Gasteiger partial charge on any atom is -0.492 e. The van der Waals surface area contributed by atoms with Gasteiger partial charge in [-0.3, -0.25) is 14.9 Å². The van der Waals surface area contributed by atoms with Crippen molar-refractivity contribution in [3.63, 3.8) is 0 Å². The normalized spacial score (nSPS) is 10.3. The van der Waals surface area contributed by atoms with Gasteiger partial charge in [0.15, 0.2) is 5.11 Å². The lowest BCUT2D eigenvalue weighted by Crippen LogP contribution is -2.34. The van der Waals surface area contributed by atoms with E-state index < -0.39 is 0 Å². The molecule has 0 aliphatic rings. The molecule has 0 saturated carbocycles. The fourth-order valence-corrected chi connectivity index (χ4v) is 3.91. The number of carbonyl (C=O) groups excluding carboxylic acids is 2. The molecule has 2 amide bonds. The second kappa shape index (κ2) is 12.5. The van der Waals surface area contributed by atoms with Crippen molar-refractivity contribution in [2.24, 2.45) is 0 Å². The lowest BCUT2D eigenvalue weighted by molar-refractivity contribution is 0.0972. The molecule has 7 heteroatoms. The van der Waals surface area contributed by atoms with Crippen LogP contribution in [-0.4, -0.2) is 23.5 Å². The summed E-state index contributed by atoms with van der Waals surface area (Å²) in [5.74, 6) is -0.0544. The first-order chi connectivity index (χ1) is 18.0. The van der Waals surface area contributed by atoms with Crippen LogP contribution in [0, 0.1) is 6.92 Å². The summed E-state index contributed by atoms with van der Waals surface area (Å²) in [4.78, 5) is 25.4. The number of hydrogen-bond acceptors (Lipinski definition) is 4. The van der Waals surface area contributed by atoms with Crippen LogP contribution in [0.5, 0.6) is 5.75 Å². The number of anilines is 2. The Hall–Kier alpha value is -4.49. The Labute approximate surface area is 221 Å². The zero-order valence-electron chi connectivity index (χ0n) is 20.4. The van der Waals surface area contributed by atoms with E-state index in [-0.39, 0.29) is 16.9 Å². The smallest absolute Gasteiger partial charge is 0.261 e. The third kappa shape index (κ3) is 7.25. The standard InChI is InChI=1S/C30H27N3O3S/c1-21-20-24(16-17-26(21)32-28(34)23-12-6-3-7-13-23)31-30(37)33-29(35)25-14-8-9-15-27(25)36-19-18-22-10-4-2-5-11-22/h2-17,20H,18-19H2,1H3,(H,32,34)(H2,31,33,35,37). The lowest BCUT2D eigenvalue weighted by Gasteiger charge is -2.14. The summed E-state index contributed by atoms with van der Waals surface area (Å²) in [5, 5.41) is 8.81. The van der Waals surface area contributed by atoms with Crippen molar-refractivity contribution in [2.75, 3.05) is 17.2 Å². The third-order valence-electron chi connectivity index (χ3n) is 5.62. The van der Waals surface area contributed by atoms with Crippen molar-refractivity contribution < 1.29 is 14.3 Å². The van der Waals surface area contributed by atoms with Crippen LogP contribution < -0.4 is 20.7 Å². The average Bonchev–Trinajstić information content (AvgIpc) is 2.91. The molecule has 0 atom stereocenters. The van der Waals surface area contributed by atoms with Crippen LogP contribution in [0.1, 0.15) is 31.8 Å². The molecule has 4 aromatic carbocycles. The molecule has 0 fully saturated rings. The van der Waals surface area contributed by atoms with Gasteiger partial charge in [0.1, 0.15) is 5.75 Å². The minimum atomic E-state index is -0.365. The summed E-state index contributed by atoms with van der Waals surface area (Å²) < 4.78 is 5.90. The van der Waals surface area contributed by atoms with Gasteiger partial charge in [0.25, 0.3) is 11.8 Å². The molecule has 0 radical (unpaired) electrons. The highest BCUT2D eigenvalue weighted by Crippen LogP contribution is 2.21. The summed E-state index contributed by atoms with van der Waals surface area (Å²) >= 11 is 5.36. The molecule has 4 rings (SSSR count). The quantitative estimate of drug-likeness (QED) is 0.254. The average molecular weight is 510 g/mol. The lowest BCUT2D eigenvalue weighted by atomic mass is 10.1. The Morgan fingerprint density at radius 1 is 0.784 bits per heavy atom. The molecular weight excluding hydrogens is 482 g/mol. The molecule has 0 bridgehead atoms. The highest BCUT2D eigenvalue weighted by molar-refractivity contribution is 7.80. The first kappa shape index (κ1) is 25.6. The maximum atomic E-state index is 12.9. The van der Waals surface area contributed by atoms with Gasteiger partial charge in [0.05, 0.1) is 12.2 Å². The number of hydrogen-bond donors (Lipinski definition) is 3. The molecule has 0 saturated heterocycles. The number of rotatable bonds is 8. The zero-order chi connectivity index (χ0) is 26.0. The second-order valence-corrected chi connectivity index (χ2v) is 8.75. The van der Waals surface area contributed by atoms with E-state index in [1.54, 1.807) is 42.5 Å². The number of amides is 2. The van der Waals surface area contributed by atoms with Gasteiger partial charge in [-0.25, -0.2) is 0 Å². The van der Waals surface area contributed by atoms with Crippen LogP contribution in [0.2, 0.25) is 0 Å². The van der Waals surface area contributed by atoms with E-state index in [9.17, 15) is 9.59 Å². The van der Waals surface area contributed by atoms with Gasteiger partial charge in [-0.05, 0) is 72.7 Å². The van der Waals surface area contributed by atoms with Crippen LogP contribution in [-0.2, 0) is 6.42 Å². The van der Waals surface area contributed by atoms with Crippen molar-refractivity contribution in [2.45, 2.75) is 13.3 Å². The van der Waals surface area contributed by atoms with Crippen molar-refractivity contribution in [1.82, 2.24) is 5.32 Å². The highest BCUT2D eigenvalue weighted by atomic mass is 32.1. The number of benzene rings is 4. The second-order valence-electron chi connectivity index (χ2n) is 8.34. The Morgan fingerprint density at radius 2 is 1.46 bits per heavy atom. The number of nitrogens with one attached hydrogen (secondary N) is 3. The molecule has 0 aliphatic heterocycles. The molecule has 0 heterocycles. The number of thiocarbonyl (C=S) groups is 1. The summed E-state index contributed by atoms with van der Waals surface area (Å²) in [7, 11) is 0. The number of carbonyl (C=O) groups is 2. The molecule has 186 valence electrons. The molecule has 6 nitrogen and oxygen atoms in total. The monoisotopic (exact) mass is 509 g/mol. The predicted molar refractivity (Wildman–Crippen MR) is 151 cm³/mol. The maximum absolute atomic E-state index is 12.9. The van der Waals surface area contributed by atoms with Gasteiger partial charge >= 0.3 is 0 Å². The van der Waals surface area contributed by atoms with Crippen LogP contribution in [0.3, 0.4) is 0 Å². The van der Waals surface area contributed by atoms with Gasteiger partial charge in [-0.15, -0.1) is 0 Å². The third-order valence-corrected chi connectivity index (χ3v) is 5.82. The van der Waals surface area contributed by atoms with E-state index in [1.165, 1.54) is 0 Å². The van der Waals surface area contributed by atoms with Gasteiger partial charge in [-0.1, -0.05) is 60.7 Å². The number of para-hydroxylation sites is 1. The molecule has 0 unspecified atom stereocenters. The maximum Gasteiger partial charge on any atom is 0.261 e. The van der Waals surface area contributed by atoms with Crippen molar-refractivity contribution in [1.29, 1.82) is 0 Å². The van der Waals surface area contributed by atoms with Crippen LogP contribution >= 0.6 is 12.2 Å². The van der Waals surface area contributed by atoms with Crippen LogP contribution in [0.15, 0.2) is 103 Å². The van der Waals surface area contributed by atoms with E-state index in [2.05, 4.69) is 16.0 Å². The van der Waals surface area contributed by atoms with Gasteiger partial charge in [-0.2, -0.15) is 0 Å². The number of aryl methyl sites for hydroxylation is 1. The Bertz CT molecular complexity index is 1390. The zero-order valence-corrected chi connectivity index (χ0v) is 21.2. The van der Waals surface area contributed by atoms with Crippen LogP contribution in [0.25, 0.3) is 0 Å². The first-order valence-electron chi connectivity index (χ1n) is 11.8. The molecule has 3 N–H and O–H groups in total. The fraction of sp³-hybridized carbons (Fsp3) is 0.100. The summed E-state index contributed by atoms with van der Waals surface area (Å²) in [6.07, 6.45) is 0.734. The van der Waals surface area contributed by atoms with Gasteiger partial charge < -0.3 is 15.4 Å². The van der Waals surface area contributed by atoms with E-state index in [0.717, 1.165) is 17.5 Å². The van der Waals surface area contributed by atoms with E-state index in [1.807, 2.05) is 67.6 Å². The molecular formula is C30H27N3O3S. The van der Waals surface area contributed by atoms with E-state index >= 15 is 0 Å². The highest BCUT2D eigenvalue weighted by Gasteiger charge is 2.14. The Kier molecular flexibility index (Phi) is 8.62.